The third-order valence-corrected chi connectivity index (χ3v) is 6.25. The number of carboxylic acid groups (broad SMARTS) is 2. The maximum absolute atomic E-state index is 10.6. The summed E-state index contributed by atoms with van der Waals surface area (Å²) in [5, 5.41) is 21.0. The van der Waals surface area contributed by atoms with Gasteiger partial charge in [0.2, 0.25) is 5.95 Å². The van der Waals surface area contributed by atoms with E-state index in [1.165, 1.54) is 5.01 Å². The van der Waals surface area contributed by atoms with Crippen molar-refractivity contribution in [2.45, 2.75) is 56.7 Å². The van der Waals surface area contributed by atoms with Gasteiger partial charge < -0.3 is 20.3 Å². The van der Waals surface area contributed by atoms with E-state index < -0.39 is 24.3 Å². The van der Waals surface area contributed by atoms with Gasteiger partial charge in [-0.3, -0.25) is 4.90 Å². The fourth-order valence-electron chi connectivity index (χ4n) is 3.72. The lowest BCUT2D eigenvalue weighted by atomic mass is 9.89. The Balaban J connectivity index is 0.000000301. The molecule has 2 atom stereocenters. The van der Waals surface area contributed by atoms with Crippen LogP contribution in [0.3, 0.4) is 0 Å². The Kier molecular flexibility index (Phi) is 10.8. The Labute approximate surface area is 216 Å². The molecule has 0 radical (unpaired) electrons. The molecule has 4 heterocycles. The average molecular weight is 574 g/mol. The predicted octanol–water partition coefficient (Wildman–Crippen LogP) is 3.74. The molecule has 1 spiro atoms. The number of thiazole rings is 1. The van der Waals surface area contributed by atoms with Crippen molar-refractivity contribution in [2.24, 2.45) is 0 Å². The molecule has 10 nitrogen and oxygen atoms in total. The number of alkyl halides is 6. The molecule has 17 heteroatoms. The van der Waals surface area contributed by atoms with Gasteiger partial charge in [-0.1, -0.05) is 0 Å². The summed E-state index contributed by atoms with van der Waals surface area (Å²) in [6.45, 7) is 5.85. The van der Waals surface area contributed by atoms with Crippen LogP contribution in [-0.4, -0.2) is 85.7 Å². The lowest BCUT2D eigenvalue weighted by Crippen LogP contribution is -2.46. The number of aryl methyl sites for hydroxylation is 1. The van der Waals surface area contributed by atoms with Gasteiger partial charge in [-0.2, -0.15) is 26.3 Å². The van der Waals surface area contributed by atoms with Crippen molar-refractivity contribution < 1.29 is 50.9 Å². The summed E-state index contributed by atoms with van der Waals surface area (Å²) >= 11 is 1.75. The van der Waals surface area contributed by atoms with Crippen LogP contribution in [0.1, 0.15) is 30.0 Å². The fourth-order valence-corrected chi connectivity index (χ4v) is 4.53. The van der Waals surface area contributed by atoms with Crippen LogP contribution in [0.4, 0.5) is 32.3 Å². The molecule has 212 valence electrons. The summed E-state index contributed by atoms with van der Waals surface area (Å²) in [7, 11) is 0. The second kappa shape index (κ2) is 13.1. The molecule has 0 aromatic carbocycles. The molecule has 0 aliphatic carbocycles. The van der Waals surface area contributed by atoms with Gasteiger partial charge in [0.1, 0.15) is 5.01 Å². The van der Waals surface area contributed by atoms with E-state index in [1.807, 2.05) is 6.07 Å². The monoisotopic (exact) mass is 573 g/mol. The van der Waals surface area contributed by atoms with Crippen molar-refractivity contribution in [1.82, 2.24) is 19.9 Å². The Morgan fingerprint density at radius 1 is 1.16 bits per heavy atom. The SMILES string of the molecule is Cc1csc(CN2CC[C@@]3(C[C@H](Nc4ncccn4)CCO3)C2)n1.O=C(O)C(F)(F)F.O=C(O)C(F)(F)F. The third-order valence-electron chi connectivity index (χ3n) is 5.30. The lowest BCUT2D eigenvalue weighted by molar-refractivity contribution is -0.193. The van der Waals surface area contributed by atoms with Gasteiger partial charge in [-0.15, -0.1) is 11.3 Å². The van der Waals surface area contributed by atoms with E-state index in [1.54, 1.807) is 23.7 Å². The van der Waals surface area contributed by atoms with E-state index >= 15 is 0 Å². The van der Waals surface area contributed by atoms with Crippen LogP contribution in [0.15, 0.2) is 23.8 Å². The molecule has 2 saturated heterocycles. The molecule has 0 bridgehead atoms. The number of nitrogens with one attached hydrogen (secondary N) is 1. The van der Waals surface area contributed by atoms with E-state index in [-0.39, 0.29) is 5.60 Å². The van der Waals surface area contributed by atoms with Crippen molar-refractivity contribution >= 4 is 29.2 Å². The molecule has 38 heavy (non-hydrogen) atoms. The highest BCUT2D eigenvalue weighted by atomic mass is 32.1. The van der Waals surface area contributed by atoms with Crippen LogP contribution in [-0.2, 0) is 20.9 Å². The van der Waals surface area contributed by atoms with Crippen LogP contribution < -0.4 is 5.32 Å². The summed E-state index contributed by atoms with van der Waals surface area (Å²) in [4.78, 5) is 33.4. The number of aliphatic carboxylic acids is 2. The van der Waals surface area contributed by atoms with Gasteiger partial charge in [0, 0.05) is 49.2 Å². The Hall–Kier alpha value is -3.05. The van der Waals surface area contributed by atoms with Crippen LogP contribution >= 0.6 is 11.3 Å². The molecule has 0 amide bonds. The highest BCUT2D eigenvalue weighted by Gasteiger charge is 2.43. The van der Waals surface area contributed by atoms with Crippen molar-refractivity contribution in [2.75, 3.05) is 25.0 Å². The van der Waals surface area contributed by atoms with Gasteiger partial charge in [0.05, 0.1) is 12.1 Å². The maximum Gasteiger partial charge on any atom is 0.490 e. The zero-order valence-corrected chi connectivity index (χ0v) is 20.7. The number of aromatic nitrogens is 3. The fraction of sp³-hybridized carbons (Fsp3) is 0.571. The molecule has 2 aliphatic rings. The first-order chi connectivity index (χ1) is 17.6. The topological polar surface area (TPSA) is 138 Å². The quantitative estimate of drug-likeness (QED) is 0.464. The number of nitrogens with zero attached hydrogens (tertiary/aromatic N) is 4. The largest absolute Gasteiger partial charge is 0.490 e. The van der Waals surface area contributed by atoms with Gasteiger partial charge >= 0.3 is 24.3 Å². The second-order valence-corrected chi connectivity index (χ2v) is 9.33. The number of ether oxygens (including phenoxy) is 1. The van der Waals surface area contributed by atoms with Gasteiger partial charge in [0.25, 0.3) is 0 Å². The molecule has 3 N–H and O–H groups in total. The summed E-state index contributed by atoms with van der Waals surface area (Å²) in [6, 6.07) is 2.22. The number of carbonyl (C=O) groups is 2. The molecule has 2 aliphatic heterocycles. The van der Waals surface area contributed by atoms with Crippen molar-refractivity contribution in [3.63, 3.8) is 0 Å². The molecule has 2 fully saturated rings. The first-order valence-corrected chi connectivity index (χ1v) is 11.9. The maximum atomic E-state index is 10.6. The van der Waals surface area contributed by atoms with Crippen molar-refractivity contribution in [3.05, 3.63) is 34.5 Å². The zero-order chi connectivity index (χ0) is 28.6. The minimum atomic E-state index is -5.08. The van der Waals surface area contributed by atoms with E-state index in [2.05, 4.69) is 37.5 Å². The van der Waals surface area contributed by atoms with Crippen molar-refractivity contribution in [3.8, 4) is 0 Å². The number of hydrogen-bond acceptors (Lipinski definition) is 9. The summed E-state index contributed by atoms with van der Waals surface area (Å²) in [5.41, 5.74) is 1.08. The zero-order valence-electron chi connectivity index (χ0n) is 19.9. The molecule has 0 saturated carbocycles. The Morgan fingerprint density at radius 2 is 1.74 bits per heavy atom. The summed E-state index contributed by atoms with van der Waals surface area (Å²) in [6.07, 6.45) is -3.51. The van der Waals surface area contributed by atoms with Gasteiger partial charge in [0.15, 0.2) is 0 Å². The predicted molar refractivity (Wildman–Crippen MR) is 121 cm³/mol. The molecular formula is C21H25F6N5O5S. The first-order valence-electron chi connectivity index (χ1n) is 11.0. The van der Waals surface area contributed by atoms with E-state index in [0.717, 1.165) is 51.2 Å². The highest BCUT2D eigenvalue weighted by Crippen LogP contribution is 2.35. The number of hydrogen-bond donors (Lipinski definition) is 3. The molecule has 4 rings (SSSR count). The number of likely N-dealkylation sites (tertiary alicyclic amines) is 1. The number of carboxylic acids is 2. The second-order valence-electron chi connectivity index (χ2n) is 8.39. The van der Waals surface area contributed by atoms with Crippen molar-refractivity contribution in [1.29, 1.82) is 0 Å². The average Bonchev–Trinajstić information content (AvgIpc) is 3.39. The number of halogens is 6. The van der Waals surface area contributed by atoms with Gasteiger partial charge in [-0.05, 0) is 32.3 Å². The van der Waals surface area contributed by atoms with Gasteiger partial charge in [-0.25, -0.2) is 24.5 Å². The molecular weight excluding hydrogens is 548 g/mol. The van der Waals surface area contributed by atoms with Crippen LogP contribution in [0.5, 0.6) is 0 Å². The summed E-state index contributed by atoms with van der Waals surface area (Å²) in [5.74, 6) is -4.80. The lowest BCUT2D eigenvalue weighted by Gasteiger charge is -2.38. The number of anilines is 1. The third kappa shape index (κ3) is 10.4. The Morgan fingerprint density at radius 3 is 2.24 bits per heavy atom. The van der Waals surface area contributed by atoms with Crippen LogP contribution in [0.25, 0.3) is 0 Å². The smallest absolute Gasteiger partial charge is 0.475 e. The normalized spacial score (nSPS) is 21.6. The van der Waals surface area contributed by atoms with Crippen LogP contribution in [0.2, 0.25) is 0 Å². The van der Waals surface area contributed by atoms with E-state index in [9.17, 15) is 26.3 Å². The molecule has 0 unspecified atom stereocenters. The highest BCUT2D eigenvalue weighted by molar-refractivity contribution is 7.09. The Bertz CT molecular complexity index is 1030. The summed E-state index contributed by atoms with van der Waals surface area (Å²) < 4.78 is 69.7. The standard InChI is InChI=1S/C17H23N5OS.2C2HF3O2/c1-13-11-24-15(20-13)10-22-7-4-17(12-22)9-14(3-8-23-17)21-16-18-5-2-6-19-16;2*3-2(4,5)1(6)7/h2,5-6,11,14H,3-4,7-10,12H2,1H3,(H,18,19,21);2*(H,6,7)/t14-,17-;;/m1../s1. The van der Waals surface area contributed by atoms with Crippen LogP contribution in [0, 0.1) is 6.92 Å². The minimum absolute atomic E-state index is 0.0308. The minimum Gasteiger partial charge on any atom is -0.475 e. The molecule has 2 aromatic heterocycles. The van der Waals surface area contributed by atoms with E-state index in [0.29, 0.717) is 12.0 Å². The van der Waals surface area contributed by atoms with E-state index in [4.69, 9.17) is 24.5 Å². The number of rotatable bonds is 4. The first kappa shape index (κ1) is 31.2. The molecule has 2 aromatic rings.